The molecule has 4 heterocycles. The van der Waals surface area contributed by atoms with Crippen LogP contribution in [0, 0.1) is 6.92 Å². The molecule has 0 radical (unpaired) electrons. The molecule has 1 fully saturated rings. The molecule has 1 amide bonds. The van der Waals surface area contributed by atoms with Crippen molar-refractivity contribution in [2.75, 3.05) is 30.4 Å². The molecule has 0 aliphatic carbocycles. The minimum absolute atomic E-state index is 0.192. The van der Waals surface area contributed by atoms with E-state index in [1.54, 1.807) is 7.11 Å². The van der Waals surface area contributed by atoms with E-state index in [2.05, 4.69) is 19.6 Å². The van der Waals surface area contributed by atoms with E-state index >= 15 is 0 Å². The number of fused-ring (bicyclic) bond motifs is 2. The number of carbonyl (C=O) groups excluding carboxylic acids is 1. The summed E-state index contributed by atoms with van der Waals surface area (Å²) in [4.78, 5) is 24.9. The minimum Gasteiger partial charge on any atom is -0.495 e. The quantitative estimate of drug-likeness (QED) is 0.407. The van der Waals surface area contributed by atoms with E-state index < -0.39 is 0 Å². The highest BCUT2D eigenvalue weighted by Crippen LogP contribution is 2.36. The smallest absolute Gasteiger partial charge is 0.272 e. The number of para-hydroxylation sites is 1. The first-order chi connectivity index (χ1) is 17.0. The number of ether oxygens (including phenoxy) is 1. The summed E-state index contributed by atoms with van der Waals surface area (Å²) >= 11 is 0. The Morgan fingerprint density at radius 3 is 2.69 bits per heavy atom. The van der Waals surface area contributed by atoms with Crippen molar-refractivity contribution in [3.05, 3.63) is 72.3 Å². The Hall–Kier alpha value is -4.33. The Bertz CT molecular complexity index is 1590. The van der Waals surface area contributed by atoms with Crippen LogP contribution in [0.15, 0.2) is 60.9 Å². The number of aryl methyl sites for hydroxylation is 2. The lowest BCUT2D eigenvalue weighted by Gasteiger charge is -2.31. The zero-order chi connectivity index (χ0) is 24.1. The van der Waals surface area contributed by atoms with Crippen LogP contribution in [-0.2, 0) is 7.05 Å². The first kappa shape index (κ1) is 21.2. The van der Waals surface area contributed by atoms with Gasteiger partial charge in [-0.3, -0.25) is 14.2 Å². The van der Waals surface area contributed by atoms with Crippen LogP contribution in [0.4, 0.5) is 11.6 Å². The van der Waals surface area contributed by atoms with Gasteiger partial charge in [-0.15, -0.1) is 0 Å². The van der Waals surface area contributed by atoms with Crippen LogP contribution in [0.3, 0.4) is 0 Å². The van der Waals surface area contributed by atoms with E-state index in [-0.39, 0.29) is 5.91 Å². The van der Waals surface area contributed by atoms with Crippen LogP contribution in [-0.4, -0.2) is 45.0 Å². The molecule has 176 valence electrons. The Morgan fingerprint density at radius 1 is 1.11 bits per heavy atom. The first-order valence-electron chi connectivity index (χ1n) is 11.7. The number of methoxy groups -OCH3 is 1. The molecule has 0 saturated carbocycles. The summed E-state index contributed by atoms with van der Waals surface area (Å²) in [6.07, 6.45) is 4.94. The van der Waals surface area contributed by atoms with Gasteiger partial charge in [-0.05, 0) is 37.6 Å². The van der Waals surface area contributed by atoms with Gasteiger partial charge in [0, 0.05) is 49.0 Å². The predicted molar refractivity (Wildman–Crippen MR) is 137 cm³/mol. The molecule has 5 aromatic rings. The SMILES string of the molecule is COc1cc(-c2nc(N3CCC3)n3ccnc(C)c23)ccc1NC(=O)c1cc2ccccc2n1C. The highest BCUT2D eigenvalue weighted by Gasteiger charge is 2.24. The van der Waals surface area contributed by atoms with Crippen molar-refractivity contribution in [2.45, 2.75) is 13.3 Å². The van der Waals surface area contributed by atoms with Crippen molar-refractivity contribution in [1.82, 2.24) is 18.9 Å². The Labute approximate surface area is 202 Å². The van der Waals surface area contributed by atoms with E-state index in [9.17, 15) is 4.79 Å². The van der Waals surface area contributed by atoms with Gasteiger partial charge in [0.05, 0.1) is 24.0 Å². The normalized spacial score (nSPS) is 13.3. The number of benzene rings is 2. The summed E-state index contributed by atoms with van der Waals surface area (Å²) in [7, 11) is 3.50. The summed E-state index contributed by atoms with van der Waals surface area (Å²) in [5.41, 5.74) is 5.84. The number of aromatic nitrogens is 4. The molecule has 3 aromatic heterocycles. The van der Waals surface area contributed by atoms with Gasteiger partial charge in [0.1, 0.15) is 17.1 Å². The third kappa shape index (κ3) is 3.41. The molecule has 1 N–H and O–H groups in total. The summed E-state index contributed by atoms with van der Waals surface area (Å²) in [5.74, 6) is 1.31. The van der Waals surface area contributed by atoms with E-state index in [0.29, 0.717) is 17.1 Å². The molecule has 1 saturated heterocycles. The van der Waals surface area contributed by atoms with E-state index in [1.807, 2.05) is 79.5 Å². The van der Waals surface area contributed by atoms with E-state index in [1.165, 1.54) is 6.42 Å². The van der Waals surface area contributed by atoms with Gasteiger partial charge >= 0.3 is 0 Å². The molecular formula is C27H26N6O2. The summed E-state index contributed by atoms with van der Waals surface area (Å²) in [5, 5.41) is 4.04. The Kier molecular flexibility index (Phi) is 4.95. The van der Waals surface area contributed by atoms with Crippen LogP contribution >= 0.6 is 0 Å². The van der Waals surface area contributed by atoms with Crippen LogP contribution in [0.1, 0.15) is 22.6 Å². The molecule has 8 nitrogen and oxygen atoms in total. The van der Waals surface area contributed by atoms with Crippen LogP contribution in [0.2, 0.25) is 0 Å². The van der Waals surface area contributed by atoms with E-state index in [4.69, 9.17) is 9.72 Å². The maximum Gasteiger partial charge on any atom is 0.272 e. The maximum atomic E-state index is 13.1. The average molecular weight is 467 g/mol. The van der Waals surface area contributed by atoms with Gasteiger partial charge in [0.25, 0.3) is 5.91 Å². The van der Waals surface area contributed by atoms with Crippen molar-refractivity contribution < 1.29 is 9.53 Å². The van der Waals surface area contributed by atoms with Crippen molar-refractivity contribution in [3.8, 4) is 17.0 Å². The third-order valence-electron chi connectivity index (χ3n) is 6.77. The van der Waals surface area contributed by atoms with Crippen molar-refractivity contribution in [1.29, 1.82) is 0 Å². The van der Waals surface area contributed by atoms with Gasteiger partial charge in [-0.1, -0.05) is 24.3 Å². The molecule has 0 atom stereocenters. The monoisotopic (exact) mass is 466 g/mol. The lowest BCUT2D eigenvalue weighted by Crippen LogP contribution is -2.38. The zero-order valence-corrected chi connectivity index (χ0v) is 19.9. The van der Waals surface area contributed by atoms with Crippen molar-refractivity contribution >= 4 is 34.0 Å². The lowest BCUT2D eigenvalue weighted by molar-refractivity contribution is 0.101. The number of carbonyl (C=O) groups is 1. The number of nitrogens with one attached hydrogen (secondary N) is 1. The van der Waals surface area contributed by atoms with Gasteiger partial charge in [0.2, 0.25) is 5.95 Å². The predicted octanol–water partition coefficient (Wildman–Crippen LogP) is 4.67. The van der Waals surface area contributed by atoms with Crippen LogP contribution in [0.5, 0.6) is 5.75 Å². The largest absolute Gasteiger partial charge is 0.495 e. The number of hydrogen-bond donors (Lipinski definition) is 1. The van der Waals surface area contributed by atoms with Gasteiger partial charge in [-0.2, -0.15) is 0 Å². The second-order valence-electron chi connectivity index (χ2n) is 8.85. The molecule has 2 aromatic carbocycles. The third-order valence-corrected chi connectivity index (χ3v) is 6.77. The molecule has 0 spiro atoms. The second-order valence-corrected chi connectivity index (χ2v) is 8.85. The first-order valence-corrected chi connectivity index (χ1v) is 11.7. The fourth-order valence-corrected chi connectivity index (χ4v) is 4.76. The van der Waals surface area contributed by atoms with Gasteiger partial charge < -0.3 is 19.5 Å². The van der Waals surface area contributed by atoms with Crippen LogP contribution < -0.4 is 15.0 Å². The van der Waals surface area contributed by atoms with Crippen LogP contribution in [0.25, 0.3) is 27.7 Å². The summed E-state index contributed by atoms with van der Waals surface area (Å²) in [6.45, 7) is 4.00. The molecule has 8 heteroatoms. The van der Waals surface area contributed by atoms with Gasteiger partial charge in [0.15, 0.2) is 0 Å². The molecule has 1 aliphatic heterocycles. The summed E-state index contributed by atoms with van der Waals surface area (Å²) in [6, 6.07) is 15.6. The van der Waals surface area contributed by atoms with Gasteiger partial charge in [-0.25, -0.2) is 4.98 Å². The Balaban J connectivity index is 1.37. The maximum absolute atomic E-state index is 13.1. The fourth-order valence-electron chi connectivity index (χ4n) is 4.76. The van der Waals surface area contributed by atoms with Crippen molar-refractivity contribution in [2.24, 2.45) is 7.05 Å². The van der Waals surface area contributed by atoms with E-state index in [0.717, 1.165) is 52.4 Å². The number of nitrogens with zero attached hydrogens (tertiary/aromatic N) is 5. The summed E-state index contributed by atoms with van der Waals surface area (Å²) < 4.78 is 9.69. The number of anilines is 2. The number of imidazole rings is 1. The number of amides is 1. The minimum atomic E-state index is -0.192. The fraction of sp³-hybridized carbons (Fsp3) is 0.222. The zero-order valence-electron chi connectivity index (χ0n) is 19.9. The number of rotatable bonds is 5. The lowest BCUT2D eigenvalue weighted by atomic mass is 10.1. The molecule has 0 unspecified atom stereocenters. The van der Waals surface area contributed by atoms with Crippen molar-refractivity contribution in [3.63, 3.8) is 0 Å². The molecule has 35 heavy (non-hydrogen) atoms. The molecule has 1 aliphatic rings. The second kappa shape index (κ2) is 8.16. The molecule has 6 rings (SSSR count). The topological polar surface area (TPSA) is 76.7 Å². The number of hydrogen-bond acceptors (Lipinski definition) is 5. The molecule has 0 bridgehead atoms. The Morgan fingerprint density at radius 2 is 1.94 bits per heavy atom. The average Bonchev–Trinajstić information content (AvgIpc) is 3.38. The molecular weight excluding hydrogens is 440 g/mol. The highest BCUT2D eigenvalue weighted by atomic mass is 16.5. The standard InChI is InChI=1S/C27H26N6O2/c1-17-25-24(30-27(32-12-6-13-32)33(25)14-11-28-17)19-9-10-20(23(16-19)35-3)29-26(34)22-15-18-7-4-5-8-21(18)31(22)2/h4-5,7-11,14-16H,6,12-13H2,1-3H3,(H,29,34). The highest BCUT2D eigenvalue weighted by molar-refractivity contribution is 6.07.